The summed E-state index contributed by atoms with van der Waals surface area (Å²) in [5.41, 5.74) is 0.0608. The fraction of sp³-hybridized carbons (Fsp3) is 0.696. The second kappa shape index (κ2) is 9.75. The van der Waals surface area contributed by atoms with Crippen LogP contribution < -0.4 is 10.1 Å². The van der Waals surface area contributed by atoms with Crippen molar-refractivity contribution >= 4 is 11.6 Å². The summed E-state index contributed by atoms with van der Waals surface area (Å²) in [6, 6.07) is 7.66. The fourth-order valence-electron chi connectivity index (χ4n) is 3.99. The molecule has 1 saturated carbocycles. The lowest BCUT2D eigenvalue weighted by molar-refractivity contribution is -0.142. The molecule has 2 fully saturated rings. The lowest BCUT2D eigenvalue weighted by Crippen LogP contribution is -2.45. The monoisotopic (exact) mass is 388 g/mol. The third-order valence-corrected chi connectivity index (χ3v) is 5.94. The Labute approximate surface area is 169 Å². The molecule has 1 saturated heterocycles. The molecule has 1 N–H and O–H groups in total. The molecule has 0 aromatic heterocycles. The summed E-state index contributed by atoms with van der Waals surface area (Å²) in [4.78, 5) is 15.3. The molecule has 2 atom stereocenters. The molecule has 0 unspecified atom stereocenters. The van der Waals surface area contributed by atoms with Crippen LogP contribution in [0.25, 0.3) is 0 Å². The van der Waals surface area contributed by atoms with Gasteiger partial charge in [0.05, 0.1) is 0 Å². The zero-order chi connectivity index (χ0) is 20.0. The van der Waals surface area contributed by atoms with Gasteiger partial charge in [-0.2, -0.15) is 0 Å². The fourth-order valence-corrected chi connectivity index (χ4v) is 3.99. The maximum Gasteiger partial charge on any atom is 0.256 e. The lowest BCUT2D eigenvalue weighted by Gasteiger charge is -2.30. The molecule has 0 radical (unpaired) electrons. The number of rotatable bonds is 10. The average Bonchev–Trinajstić information content (AvgIpc) is 3.53. The van der Waals surface area contributed by atoms with E-state index in [1.807, 2.05) is 31.2 Å². The molecule has 3 rings (SSSR count). The SMILES string of the molecule is CCCO[C@@](C)(C(=O)Nc1ccc(OCCN2CCC[C@@H](C)C2)cc1)C1CC1. The minimum atomic E-state index is -0.725. The van der Waals surface area contributed by atoms with Gasteiger partial charge in [-0.1, -0.05) is 13.8 Å². The number of carbonyl (C=O) groups is 1. The first kappa shape index (κ1) is 21.1. The van der Waals surface area contributed by atoms with Crippen LogP contribution >= 0.6 is 0 Å². The Morgan fingerprint density at radius 2 is 1.96 bits per heavy atom. The quantitative estimate of drug-likeness (QED) is 0.648. The van der Waals surface area contributed by atoms with Crippen LogP contribution in [0, 0.1) is 11.8 Å². The van der Waals surface area contributed by atoms with Gasteiger partial charge in [-0.15, -0.1) is 0 Å². The lowest BCUT2D eigenvalue weighted by atomic mass is 9.98. The van der Waals surface area contributed by atoms with Crippen molar-refractivity contribution < 1.29 is 14.3 Å². The van der Waals surface area contributed by atoms with E-state index in [1.54, 1.807) is 0 Å². The number of likely N-dealkylation sites (tertiary alicyclic amines) is 1. The first-order valence-electron chi connectivity index (χ1n) is 10.9. The van der Waals surface area contributed by atoms with Crippen LogP contribution in [-0.2, 0) is 9.53 Å². The summed E-state index contributed by atoms with van der Waals surface area (Å²) in [6.45, 7) is 10.9. The van der Waals surface area contributed by atoms with Crippen LogP contribution in [0.2, 0.25) is 0 Å². The summed E-state index contributed by atoms with van der Waals surface area (Å²) in [5.74, 6) is 1.92. The van der Waals surface area contributed by atoms with E-state index >= 15 is 0 Å². The molecule has 28 heavy (non-hydrogen) atoms. The molecule has 5 heteroatoms. The molecule has 1 amide bonds. The molecule has 1 aromatic rings. The Kier molecular flexibility index (Phi) is 7.36. The highest BCUT2D eigenvalue weighted by atomic mass is 16.5. The Bertz CT molecular complexity index is 629. The Morgan fingerprint density at radius 3 is 2.61 bits per heavy atom. The maximum absolute atomic E-state index is 12.8. The smallest absolute Gasteiger partial charge is 0.256 e. The molecule has 1 aromatic carbocycles. The second-order valence-corrected chi connectivity index (χ2v) is 8.60. The minimum absolute atomic E-state index is 0.0451. The van der Waals surface area contributed by atoms with E-state index in [-0.39, 0.29) is 5.91 Å². The topological polar surface area (TPSA) is 50.8 Å². The van der Waals surface area contributed by atoms with Crippen LogP contribution in [0.3, 0.4) is 0 Å². The molecular formula is C23H36N2O3. The van der Waals surface area contributed by atoms with Crippen LogP contribution in [0.4, 0.5) is 5.69 Å². The summed E-state index contributed by atoms with van der Waals surface area (Å²) in [5, 5.41) is 3.02. The van der Waals surface area contributed by atoms with Gasteiger partial charge in [0, 0.05) is 25.4 Å². The van der Waals surface area contributed by atoms with Gasteiger partial charge in [0.1, 0.15) is 18.0 Å². The molecule has 5 nitrogen and oxygen atoms in total. The van der Waals surface area contributed by atoms with E-state index in [0.29, 0.717) is 19.1 Å². The number of amides is 1. The van der Waals surface area contributed by atoms with E-state index in [9.17, 15) is 4.79 Å². The van der Waals surface area contributed by atoms with E-state index in [0.717, 1.165) is 43.2 Å². The number of benzene rings is 1. The molecule has 0 bridgehead atoms. The summed E-state index contributed by atoms with van der Waals surface area (Å²) >= 11 is 0. The van der Waals surface area contributed by atoms with Crippen molar-refractivity contribution in [1.29, 1.82) is 0 Å². The van der Waals surface area contributed by atoms with Crippen molar-refractivity contribution in [2.45, 2.75) is 58.5 Å². The number of piperidine rings is 1. The first-order chi connectivity index (χ1) is 13.5. The van der Waals surface area contributed by atoms with Crippen LogP contribution in [-0.4, -0.2) is 49.3 Å². The van der Waals surface area contributed by atoms with Gasteiger partial charge in [0.15, 0.2) is 0 Å². The van der Waals surface area contributed by atoms with Crippen molar-refractivity contribution in [3.8, 4) is 5.75 Å². The Hall–Kier alpha value is -1.59. The van der Waals surface area contributed by atoms with Crippen LogP contribution in [0.5, 0.6) is 5.75 Å². The van der Waals surface area contributed by atoms with Crippen molar-refractivity contribution in [1.82, 2.24) is 4.90 Å². The second-order valence-electron chi connectivity index (χ2n) is 8.60. The Balaban J connectivity index is 1.46. The third kappa shape index (κ3) is 5.71. The molecular weight excluding hydrogens is 352 g/mol. The molecule has 2 aliphatic rings. The van der Waals surface area contributed by atoms with E-state index < -0.39 is 5.60 Å². The van der Waals surface area contributed by atoms with Gasteiger partial charge in [0.2, 0.25) is 0 Å². The largest absolute Gasteiger partial charge is 0.492 e. The summed E-state index contributed by atoms with van der Waals surface area (Å²) in [7, 11) is 0. The van der Waals surface area contributed by atoms with Crippen molar-refractivity contribution in [3.05, 3.63) is 24.3 Å². The number of nitrogens with one attached hydrogen (secondary N) is 1. The van der Waals surface area contributed by atoms with Gasteiger partial charge >= 0.3 is 0 Å². The highest BCUT2D eigenvalue weighted by Crippen LogP contribution is 2.42. The summed E-state index contributed by atoms with van der Waals surface area (Å²) in [6.07, 6.45) is 5.68. The van der Waals surface area contributed by atoms with Crippen molar-refractivity contribution in [3.63, 3.8) is 0 Å². The first-order valence-corrected chi connectivity index (χ1v) is 10.9. The highest BCUT2D eigenvalue weighted by Gasteiger charge is 2.48. The maximum atomic E-state index is 12.8. The molecule has 1 heterocycles. The van der Waals surface area contributed by atoms with Crippen LogP contribution in [0.15, 0.2) is 24.3 Å². The number of nitrogens with zero attached hydrogens (tertiary/aromatic N) is 1. The van der Waals surface area contributed by atoms with Gasteiger partial charge in [-0.3, -0.25) is 9.69 Å². The predicted octanol–water partition coefficient (Wildman–Crippen LogP) is 4.33. The normalized spacial score (nSPS) is 22.5. The predicted molar refractivity (Wildman–Crippen MR) is 113 cm³/mol. The molecule has 1 aliphatic heterocycles. The molecule has 0 spiro atoms. The number of hydrogen-bond donors (Lipinski definition) is 1. The van der Waals surface area contributed by atoms with Gasteiger partial charge in [-0.05, 0) is 81.7 Å². The molecule has 1 aliphatic carbocycles. The zero-order valence-electron chi connectivity index (χ0n) is 17.7. The summed E-state index contributed by atoms with van der Waals surface area (Å²) < 4.78 is 11.8. The van der Waals surface area contributed by atoms with Crippen molar-refractivity contribution in [2.24, 2.45) is 11.8 Å². The van der Waals surface area contributed by atoms with Crippen molar-refractivity contribution in [2.75, 3.05) is 38.2 Å². The third-order valence-electron chi connectivity index (χ3n) is 5.94. The number of carbonyl (C=O) groups excluding carboxylic acids is 1. The number of ether oxygens (including phenoxy) is 2. The van der Waals surface area contributed by atoms with E-state index in [4.69, 9.17) is 9.47 Å². The molecule has 156 valence electrons. The number of anilines is 1. The zero-order valence-corrected chi connectivity index (χ0v) is 17.7. The Morgan fingerprint density at radius 1 is 1.21 bits per heavy atom. The van der Waals surface area contributed by atoms with Gasteiger partial charge in [0.25, 0.3) is 5.91 Å². The van der Waals surface area contributed by atoms with E-state index in [1.165, 1.54) is 25.9 Å². The number of hydrogen-bond acceptors (Lipinski definition) is 4. The van der Waals surface area contributed by atoms with Gasteiger partial charge < -0.3 is 14.8 Å². The standard InChI is InChI=1S/C23H36N2O3/c1-4-15-28-23(3,19-7-8-19)22(26)24-20-9-11-21(12-10-20)27-16-14-25-13-5-6-18(2)17-25/h9-12,18-19H,4-8,13-17H2,1-3H3,(H,24,26)/t18-,23-/m1/s1. The highest BCUT2D eigenvalue weighted by molar-refractivity contribution is 5.97. The average molecular weight is 389 g/mol. The van der Waals surface area contributed by atoms with Gasteiger partial charge in [-0.25, -0.2) is 0 Å². The minimum Gasteiger partial charge on any atom is -0.492 e. The van der Waals surface area contributed by atoms with Crippen LogP contribution in [0.1, 0.15) is 52.9 Å². The van der Waals surface area contributed by atoms with E-state index in [2.05, 4.69) is 24.1 Å².